The minimum absolute atomic E-state index is 0.277. The van der Waals surface area contributed by atoms with Gasteiger partial charge in [-0.25, -0.2) is 0 Å². The Balaban J connectivity index is 1.83. The summed E-state index contributed by atoms with van der Waals surface area (Å²) >= 11 is 0. The van der Waals surface area contributed by atoms with Crippen molar-refractivity contribution in [1.82, 2.24) is 10.2 Å². The molecule has 0 heterocycles. The summed E-state index contributed by atoms with van der Waals surface area (Å²) < 4.78 is 0. The van der Waals surface area contributed by atoms with E-state index in [1.165, 1.54) is 11.1 Å². The largest absolute Gasteiger partial charge is 0.394 e. The van der Waals surface area contributed by atoms with Gasteiger partial charge in [-0.2, -0.15) is 0 Å². The van der Waals surface area contributed by atoms with E-state index in [1.807, 2.05) is 17.0 Å². The molecule has 2 atom stereocenters. The number of nitrogens with one attached hydrogen (secondary N) is 1. The number of aliphatic hydroxyl groups excluding tert-OH is 4. The van der Waals surface area contributed by atoms with Gasteiger partial charge in [0.25, 0.3) is 0 Å². The Labute approximate surface area is 192 Å². The fourth-order valence-corrected chi connectivity index (χ4v) is 3.90. The van der Waals surface area contributed by atoms with Gasteiger partial charge in [-0.05, 0) is 56.3 Å². The topological polar surface area (TPSA) is 96.2 Å². The van der Waals surface area contributed by atoms with Crippen LogP contribution in [0.5, 0.6) is 0 Å². The second kappa shape index (κ2) is 15.9. The van der Waals surface area contributed by atoms with Gasteiger partial charge in [0.2, 0.25) is 0 Å². The first-order valence-electron chi connectivity index (χ1n) is 11.7. The highest BCUT2D eigenvalue weighted by Crippen LogP contribution is 2.11. The molecule has 0 aliphatic rings. The van der Waals surface area contributed by atoms with Crippen LogP contribution in [0.25, 0.3) is 0 Å². The summed E-state index contributed by atoms with van der Waals surface area (Å²) in [5.41, 5.74) is 2.70. The maximum absolute atomic E-state index is 9.76. The highest BCUT2D eigenvalue weighted by molar-refractivity contribution is 5.16. The van der Waals surface area contributed by atoms with E-state index in [-0.39, 0.29) is 26.3 Å². The predicted molar refractivity (Wildman–Crippen MR) is 129 cm³/mol. The molecule has 0 aliphatic heterocycles. The lowest BCUT2D eigenvalue weighted by atomic mass is 9.99. The lowest BCUT2D eigenvalue weighted by molar-refractivity contribution is 0.0229. The van der Waals surface area contributed by atoms with Gasteiger partial charge in [-0.3, -0.25) is 4.90 Å². The second-order valence-electron chi connectivity index (χ2n) is 8.49. The predicted octanol–water partition coefficient (Wildman–Crippen LogP) is 1.61. The van der Waals surface area contributed by atoms with Crippen LogP contribution in [0.3, 0.4) is 0 Å². The minimum atomic E-state index is -0.849. The van der Waals surface area contributed by atoms with E-state index >= 15 is 0 Å². The molecule has 0 spiro atoms. The number of hydrogen-bond donors (Lipinski definition) is 5. The van der Waals surface area contributed by atoms with Crippen LogP contribution in [0.15, 0.2) is 60.7 Å². The monoisotopic (exact) mass is 444 g/mol. The van der Waals surface area contributed by atoms with Gasteiger partial charge >= 0.3 is 0 Å². The molecule has 6 heteroatoms. The number of hydrogen-bond acceptors (Lipinski definition) is 6. The van der Waals surface area contributed by atoms with Gasteiger partial charge in [-0.15, -0.1) is 0 Å². The molecule has 2 rings (SSSR count). The molecular weight excluding hydrogens is 404 g/mol. The van der Waals surface area contributed by atoms with E-state index in [0.29, 0.717) is 12.6 Å². The highest BCUT2D eigenvalue weighted by Gasteiger charge is 2.15. The van der Waals surface area contributed by atoms with E-state index in [0.717, 1.165) is 38.6 Å². The number of nitrogens with zero attached hydrogens (tertiary/aromatic N) is 1. The quantitative estimate of drug-likeness (QED) is 0.238. The molecule has 0 bridgehead atoms. The maximum Gasteiger partial charge on any atom is 0.0897 e. The van der Waals surface area contributed by atoms with Gasteiger partial charge < -0.3 is 25.7 Å². The summed E-state index contributed by atoms with van der Waals surface area (Å²) in [6.45, 7) is 1.43. The number of aliphatic hydroxyl groups is 4. The molecule has 2 aromatic rings. The highest BCUT2D eigenvalue weighted by atomic mass is 16.3. The molecule has 178 valence electrons. The van der Waals surface area contributed by atoms with Gasteiger partial charge in [0.05, 0.1) is 25.4 Å². The molecule has 5 N–H and O–H groups in total. The van der Waals surface area contributed by atoms with Crippen LogP contribution in [0.4, 0.5) is 0 Å². The SMILES string of the molecule is OCC(O)CN(CCCNC(CCc1ccccc1)CCc1ccccc1)CC(O)CO. The molecular formula is C26H40N2O4. The van der Waals surface area contributed by atoms with Crippen molar-refractivity contribution in [2.45, 2.75) is 50.4 Å². The average molecular weight is 445 g/mol. The number of benzene rings is 2. The van der Waals surface area contributed by atoms with E-state index in [9.17, 15) is 10.2 Å². The lowest BCUT2D eigenvalue weighted by Gasteiger charge is -2.27. The van der Waals surface area contributed by atoms with Crippen LogP contribution in [0.2, 0.25) is 0 Å². The van der Waals surface area contributed by atoms with Crippen molar-refractivity contribution in [3.8, 4) is 0 Å². The zero-order chi connectivity index (χ0) is 23.0. The number of rotatable bonds is 17. The van der Waals surface area contributed by atoms with E-state index in [2.05, 4.69) is 53.8 Å². The normalized spacial score (nSPS) is 13.6. The Morgan fingerprint density at radius 1 is 0.719 bits per heavy atom. The fraction of sp³-hybridized carbons (Fsp3) is 0.538. The number of aryl methyl sites for hydroxylation is 2. The van der Waals surface area contributed by atoms with Gasteiger partial charge in [0.1, 0.15) is 0 Å². The van der Waals surface area contributed by atoms with Crippen LogP contribution in [0, 0.1) is 0 Å². The molecule has 0 saturated carbocycles. The molecule has 0 fully saturated rings. The van der Waals surface area contributed by atoms with Crippen molar-refractivity contribution in [2.24, 2.45) is 0 Å². The van der Waals surface area contributed by atoms with Crippen LogP contribution >= 0.6 is 0 Å². The molecule has 32 heavy (non-hydrogen) atoms. The lowest BCUT2D eigenvalue weighted by Crippen LogP contribution is -2.42. The first-order chi connectivity index (χ1) is 15.6. The third-order valence-corrected chi connectivity index (χ3v) is 5.69. The summed E-state index contributed by atoms with van der Waals surface area (Å²) in [5.74, 6) is 0. The zero-order valence-corrected chi connectivity index (χ0v) is 19.0. The summed E-state index contributed by atoms with van der Waals surface area (Å²) in [5, 5.41) is 41.5. The van der Waals surface area contributed by atoms with Crippen molar-refractivity contribution in [1.29, 1.82) is 0 Å². The zero-order valence-electron chi connectivity index (χ0n) is 19.0. The Hall–Kier alpha value is -1.80. The smallest absolute Gasteiger partial charge is 0.0897 e. The van der Waals surface area contributed by atoms with Crippen LogP contribution in [-0.2, 0) is 12.8 Å². The van der Waals surface area contributed by atoms with Crippen LogP contribution in [0.1, 0.15) is 30.4 Å². The van der Waals surface area contributed by atoms with E-state index in [4.69, 9.17) is 10.2 Å². The molecule has 0 aromatic heterocycles. The van der Waals surface area contributed by atoms with Gasteiger partial charge in [0.15, 0.2) is 0 Å². The molecule has 2 aromatic carbocycles. The minimum Gasteiger partial charge on any atom is -0.394 e. The summed E-state index contributed by atoms with van der Waals surface area (Å²) in [7, 11) is 0. The summed E-state index contributed by atoms with van der Waals surface area (Å²) in [4.78, 5) is 1.90. The van der Waals surface area contributed by atoms with Crippen molar-refractivity contribution >= 4 is 0 Å². The molecule has 0 saturated heterocycles. The van der Waals surface area contributed by atoms with Crippen LogP contribution < -0.4 is 5.32 Å². The third-order valence-electron chi connectivity index (χ3n) is 5.69. The molecule has 0 amide bonds. The van der Waals surface area contributed by atoms with Crippen LogP contribution in [-0.4, -0.2) is 83.0 Å². The standard InChI is InChI=1S/C26H40N2O4/c29-20-25(31)18-28(19-26(32)21-30)17-7-16-27-24(14-12-22-8-3-1-4-9-22)15-13-23-10-5-2-6-11-23/h1-6,8-11,24-27,29-32H,7,12-21H2. The average Bonchev–Trinajstić information content (AvgIpc) is 2.83. The molecule has 0 radical (unpaired) electrons. The van der Waals surface area contributed by atoms with E-state index in [1.54, 1.807) is 0 Å². The van der Waals surface area contributed by atoms with Crippen molar-refractivity contribution in [3.05, 3.63) is 71.8 Å². The Kier molecular flexibility index (Phi) is 13.2. The maximum atomic E-state index is 9.76. The van der Waals surface area contributed by atoms with Crippen molar-refractivity contribution in [3.63, 3.8) is 0 Å². The molecule has 6 nitrogen and oxygen atoms in total. The second-order valence-corrected chi connectivity index (χ2v) is 8.49. The fourth-order valence-electron chi connectivity index (χ4n) is 3.90. The first kappa shape index (κ1) is 26.5. The summed E-state index contributed by atoms with van der Waals surface area (Å²) in [6, 6.07) is 21.5. The molecule has 0 aliphatic carbocycles. The van der Waals surface area contributed by atoms with Gasteiger partial charge in [-0.1, -0.05) is 60.7 Å². The summed E-state index contributed by atoms with van der Waals surface area (Å²) in [6.07, 6.45) is 3.34. The Bertz CT molecular complexity index is 646. The third kappa shape index (κ3) is 11.2. The van der Waals surface area contributed by atoms with Gasteiger partial charge in [0, 0.05) is 19.1 Å². The Morgan fingerprint density at radius 2 is 1.19 bits per heavy atom. The van der Waals surface area contributed by atoms with Crippen molar-refractivity contribution < 1.29 is 20.4 Å². The molecule has 2 unspecified atom stereocenters. The van der Waals surface area contributed by atoms with E-state index < -0.39 is 12.2 Å². The Morgan fingerprint density at radius 3 is 1.62 bits per heavy atom. The van der Waals surface area contributed by atoms with Crippen molar-refractivity contribution in [2.75, 3.05) is 39.4 Å². The first-order valence-corrected chi connectivity index (χ1v) is 11.7.